The van der Waals surface area contributed by atoms with E-state index < -0.39 is 0 Å². The average molecular weight is 841 g/mol. The van der Waals surface area contributed by atoms with Crippen molar-refractivity contribution in [3.63, 3.8) is 0 Å². The van der Waals surface area contributed by atoms with E-state index in [2.05, 4.69) is 175 Å². The van der Waals surface area contributed by atoms with Gasteiger partial charge >= 0.3 is 0 Å². The molecule has 9 heteroatoms. The summed E-state index contributed by atoms with van der Waals surface area (Å²) in [5, 5.41) is 0. The Morgan fingerprint density at radius 1 is 0.317 bits per heavy atom. The third-order valence-corrected chi connectivity index (χ3v) is 10.5. The van der Waals surface area contributed by atoms with E-state index in [1.165, 1.54) is 33.4 Å². The number of ether oxygens (including phenoxy) is 3. The first-order valence-corrected chi connectivity index (χ1v) is 22.1. The molecule has 318 valence electrons. The molecule has 7 aromatic rings. The van der Waals surface area contributed by atoms with Crippen LogP contribution in [0.15, 0.2) is 165 Å². The Bertz CT molecular complexity index is 2170. The van der Waals surface area contributed by atoms with Gasteiger partial charge in [0.25, 0.3) is 0 Å². The molecule has 6 aromatic heterocycles. The van der Waals surface area contributed by atoms with Crippen LogP contribution in [0.5, 0.6) is 17.2 Å². The fourth-order valence-corrected chi connectivity index (χ4v) is 6.85. The normalized spacial score (nSPS) is 11.4. The van der Waals surface area contributed by atoms with Gasteiger partial charge in [0.05, 0.1) is 19.8 Å². The van der Waals surface area contributed by atoms with Gasteiger partial charge in [-0.1, -0.05) is 36.5 Å². The fourth-order valence-electron chi connectivity index (χ4n) is 6.85. The highest BCUT2D eigenvalue weighted by molar-refractivity contribution is 5.70. The molecule has 0 amide bonds. The standard InChI is InChI=1S/C54H57N6O3/c1(31-58-34-19-49(20-35-58)10-7-46-13-25-55-26-14-46)4-40-61-52-43-53(62-41-5-2-32-59-36-21-50(22-37-59)11-8-47-15-27-56-28-16-47)45-54(44-52)63-42-6-3-33-60-38-23-51(24-39-60)12-9-48-17-29-57-30-18-48/h7-30,34-39,43-45H,1-6,31-33,40-42H2/q+3/p+3/b10-7+,11-8+,12-9+. The zero-order valence-electron chi connectivity index (χ0n) is 36.1. The number of hydrogen-bond donors (Lipinski definition) is 0. The van der Waals surface area contributed by atoms with Crippen LogP contribution in [0.3, 0.4) is 0 Å². The van der Waals surface area contributed by atoms with Crippen molar-refractivity contribution >= 4 is 36.5 Å². The number of pyridine rings is 6. The summed E-state index contributed by atoms with van der Waals surface area (Å²) in [4.78, 5) is 9.19. The van der Waals surface area contributed by atoms with Gasteiger partial charge in [0.2, 0.25) is 0 Å². The number of nitrogens with zero attached hydrogens (tertiary/aromatic N) is 3. The van der Waals surface area contributed by atoms with Crippen molar-refractivity contribution in [1.29, 1.82) is 0 Å². The third-order valence-electron chi connectivity index (χ3n) is 10.5. The van der Waals surface area contributed by atoms with Gasteiger partial charge in [-0.05, 0) is 52.6 Å². The lowest BCUT2D eigenvalue weighted by molar-refractivity contribution is -0.697. The van der Waals surface area contributed by atoms with Gasteiger partial charge in [-0.15, -0.1) is 0 Å². The van der Waals surface area contributed by atoms with Crippen LogP contribution < -0.4 is 42.9 Å². The molecule has 0 radical (unpaired) electrons. The van der Waals surface area contributed by atoms with E-state index in [0.29, 0.717) is 19.8 Å². The highest BCUT2D eigenvalue weighted by Gasteiger charge is 2.08. The number of aromatic nitrogens is 6. The quantitative estimate of drug-likeness (QED) is 0.0456. The Balaban J connectivity index is 0.858. The van der Waals surface area contributed by atoms with Gasteiger partial charge in [0.15, 0.2) is 74.4 Å². The molecule has 3 N–H and O–H groups in total. The molecular formula is C54H60N6O3+6. The molecule has 1 aromatic carbocycles. The molecule has 0 fully saturated rings. The van der Waals surface area contributed by atoms with Crippen molar-refractivity contribution in [2.45, 2.75) is 58.2 Å². The Morgan fingerprint density at radius 2 is 0.556 bits per heavy atom. The molecule has 0 aliphatic carbocycles. The minimum atomic E-state index is 0.617. The third kappa shape index (κ3) is 15.9. The van der Waals surface area contributed by atoms with E-state index >= 15 is 0 Å². The highest BCUT2D eigenvalue weighted by atomic mass is 16.5. The van der Waals surface area contributed by atoms with E-state index in [1.807, 2.05) is 55.4 Å². The lowest BCUT2D eigenvalue weighted by Gasteiger charge is -2.13. The smallest absolute Gasteiger partial charge is 0.169 e. The molecular weight excluding hydrogens is 781 g/mol. The second-order valence-electron chi connectivity index (χ2n) is 15.4. The second kappa shape index (κ2) is 24.9. The molecule has 0 saturated carbocycles. The molecule has 0 aliphatic heterocycles. The van der Waals surface area contributed by atoms with Crippen LogP contribution in [0.1, 0.15) is 71.9 Å². The summed E-state index contributed by atoms with van der Waals surface area (Å²) in [5.41, 5.74) is 7.03. The average Bonchev–Trinajstić information content (AvgIpc) is 3.34. The van der Waals surface area contributed by atoms with E-state index in [4.69, 9.17) is 14.2 Å². The highest BCUT2D eigenvalue weighted by Crippen LogP contribution is 2.28. The van der Waals surface area contributed by atoms with Gasteiger partial charge < -0.3 is 14.2 Å². The number of rotatable bonds is 24. The van der Waals surface area contributed by atoms with Crippen molar-refractivity contribution in [3.05, 3.63) is 199 Å². The molecule has 6 heterocycles. The van der Waals surface area contributed by atoms with Crippen LogP contribution in [0.4, 0.5) is 0 Å². The first-order chi connectivity index (χ1) is 31.2. The van der Waals surface area contributed by atoms with Gasteiger partial charge in [-0.25, -0.2) is 28.7 Å². The molecule has 0 unspecified atom stereocenters. The van der Waals surface area contributed by atoms with Crippen LogP contribution in [0, 0.1) is 0 Å². The van der Waals surface area contributed by atoms with Crippen molar-refractivity contribution in [3.8, 4) is 17.2 Å². The summed E-state index contributed by atoms with van der Waals surface area (Å²) in [5.74, 6) is 2.31. The van der Waals surface area contributed by atoms with Gasteiger partial charge in [-0.2, -0.15) is 0 Å². The van der Waals surface area contributed by atoms with E-state index in [-0.39, 0.29) is 0 Å². The topological polar surface area (TPSA) is 81.8 Å². The van der Waals surface area contributed by atoms with Gasteiger partial charge in [0, 0.05) is 110 Å². The summed E-state index contributed by atoms with van der Waals surface area (Å²) in [6, 6.07) is 31.2. The van der Waals surface area contributed by atoms with Crippen LogP contribution in [0.2, 0.25) is 0 Å². The number of benzene rings is 1. The fraction of sp³-hybridized carbons (Fsp3) is 0.222. The molecule has 0 spiro atoms. The number of hydrogen-bond acceptors (Lipinski definition) is 3. The van der Waals surface area contributed by atoms with Gasteiger partial charge in [0.1, 0.15) is 36.9 Å². The summed E-state index contributed by atoms with van der Waals surface area (Å²) < 4.78 is 25.6. The molecule has 0 bridgehead atoms. The summed E-state index contributed by atoms with van der Waals surface area (Å²) >= 11 is 0. The Kier molecular flexibility index (Phi) is 17.3. The van der Waals surface area contributed by atoms with E-state index in [9.17, 15) is 0 Å². The molecule has 7 rings (SSSR count). The predicted octanol–water partition coefficient (Wildman–Crippen LogP) is 8.08. The molecule has 0 atom stereocenters. The second-order valence-corrected chi connectivity index (χ2v) is 15.4. The largest absolute Gasteiger partial charge is 0.493 e. The van der Waals surface area contributed by atoms with Crippen molar-refractivity contribution in [2.24, 2.45) is 0 Å². The molecule has 63 heavy (non-hydrogen) atoms. The summed E-state index contributed by atoms with van der Waals surface area (Å²) in [6.07, 6.45) is 43.1. The van der Waals surface area contributed by atoms with Gasteiger partial charge in [-0.3, -0.25) is 0 Å². The maximum absolute atomic E-state index is 6.29. The Hall–Kier alpha value is -7.26. The number of nitrogens with one attached hydrogen (secondary N) is 3. The van der Waals surface area contributed by atoms with Crippen LogP contribution in [-0.4, -0.2) is 19.8 Å². The SMILES string of the molecule is C(=C\c1cc[n+](CCCCOc2cc(OCCCC[n+]3ccc(/C=C/c4cc[nH+]cc4)cc3)cc(OCCCC[n+]3ccc(/C=C/c4cc[nH+]cc4)cc3)c2)cc1)/c1cc[nH+]cc1. The molecule has 0 saturated heterocycles. The number of unbranched alkanes of at least 4 members (excludes halogenated alkanes) is 3. The summed E-state index contributed by atoms with van der Waals surface area (Å²) in [7, 11) is 0. The first-order valence-electron chi connectivity index (χ1n) is 22.1. The van der Waals surface area contributed by atoms with Crippen LogP contribution in [-0.2, 0) is 19.6 Å². The van der Waals surface area contributed by atoms with Crippen molar-refractivity contribution in [1.82, 2.24) is 0 Å². The first kappa shape index (κ1) is 43.8. The minimum absolute atomic E-state index is 0.617. The Morgan fingerprint density at radius 3 is 0.810 bits per heavy atom. The lowest BCUT2D eigenvalue weighted by Crippen LogP contribution is -2.32. The zero-order valence-corrected chi connectivity index (χ0v) is 36.1. The van der Waals surface area contributed by atoms with E-state index in [1.54, 1.807) is 0 Å². The van der Waals surface area contributed by atoms with Crippen LogP contribution in [0.25, 0.3) is 36.5 Å². The number of aromatic amines is 3. The zero-order chi connectivity index (χ0) is 43.0. The number of aryl methyl sites for hydroxylation is 3. The molecule has 9 nitrogen and oxygen atoms in total. The Labute approximate surface area is 372 Å². The predicted molar refractivity (Wildman–Crippen MR) is 246 cm³/mol. The summed E-state index contributed by atoms with van der Waals surface area (Å²) in [6.45, 7) is 4.64. The van der Waals surface area contributed by atoms with E-state index in [0.717, 1.165) is 75.4 Å². The minimum Gasteiger partial charge on any atom is -0.493 e. The number of H-pyrrole nitrogens is 3. The van der Waals surface area contributed by atoms with Crippen molar-refractivity contribution < 1.29 is 42.9 Å². The maximum Gasteiger partial charge on any atom is 0.169 e. The monoisotopic (exact) mass is 840 g/mol. The maximum atomic E-state index is 6.29. The molecule has 0 aliphatic rings. The lowest BCUT2D eigenvalue weighted by atomic mass is 10.2. The van der Waals surface area contributed by atoms with Crippen molar-refractivity contribution in [2.75, 3.05) is 19.8 Å². The van der Waals surface area contributed by atoms with Crippen LogP contribution >= 0.6 is 0 Å².